The second kappa shape index (κ2) is 11.2. The lowest BCUT2D eigenvalue weighted by molar-refractivity contribution is -0.122. The number of carbonyl (C=O) groups is 2. The van der Waals surface area contributed by atoms with Crippen LogP contribution in [0.15, 0.2) is 84.3 Å². The molecule has 2 amide bonds. The number of aromatic nitrogens is 4. The minimum Gasteiger partial charge on any atom is -0.350 e. The van der Waals surface area contributed by atoms with Crippen LogP contribution in [0.3, 0.4) is 0 Å². The molecule has 2 aromatic heterocycles. The Bertz CT molecular complexity index is 1250. The van der Waals surface area contributed by atoms with Gasteiger partial charge in [-0.3, -0.25) is 14.6 Å². The second-order valence-corrected chi connectivity index (χ2v) is 8.16. The molecule has 0 bridgehead atoms. The van der Waals surface area contributed by atoms with Crippen LogP contribution in [0.1, 0.15) is 5.56 Å². The fraction of sp³-hybridized carbons (Fsp3) is 0.125. The zero-order valence-electron chi connectivity index (χ0n) is 18.0. The Morgan fingerprint density at radius 3 is 2.41 bits per heavy atom. The van der Waals surface area contributed by atoms with Crippen LogP contribution >= 0.6 is 11.8 Å². The third-order valence-electron chi connectivity index (χ3n) is 4.66. The van der Waals surface area contributed by atoms with Crippen molar-refractivity contribution >= 4 is 29.3 Å². The summed E-state index contributed by atoms with van der Waals surface area (Å²) >= 11 is 1.16. The number of anilines is 1. The summed E-state index contributed by atoms with van der Waals surface area (Å²) in [4.78, 5) is 33.4. The van der Waals surface area contributed by atoms with Crippen molar-refractivity contribution in [3.05, 3.63) is 90.5 Å². The molecule has 0 spiro atoms. The standard InChI is InChI=1S/C24H21FN6O2S/c25-19-6-8-20(9-7-19)28-22(33)16-34-24-29-23(18-10-12-26-13-11-18)30-31(24)15-21(32)27-14-17-4-2-1-3-5-17/h1-13H,14-16H2,(H,27,32)(H,28,33). The topological polar surface area (TPSA) is 102 Å². The van der Waals surface area contributed by atoms with E-state index in [-0.39, 0.29) is 29.9 Å². The molecule has 0 radical (unpaired) electrons. The third-order valence-corrected chi connectivity index (χ3v) is 5.63. The van der Waals surface area contributed by atoms with E-state index in [1.807, 2.05) is 30.3 Å². The van der Waals surface area contributed by atoms with Crippen LogP contribution in [-0.4, -0.2) is 37.3 Å². The molecule has 34 heavy (non-hydrogen) atoms. The first-order valence-corrected chi connectivity index (χ1v) is 11.4. The second-order valence-electron chi connectivity index (χ2n) is 7.22. The van der Waals surface area contributed by atoms with E-state index in [0.29, 0.717) is 23.2 Å². The van der Waals surface area contributed by atoms with Crippen molar-refractivity contribution in [3.63, 3.8) is 0 Å². The Morgan fingerprint density at radius 1 is 0.941 bits per heavy atom. The van der Waals surface area contributed by atoms with Crippen molar-refractivity contribution < 1.29 is 14.0 Å². The smallest absolute Gasteiger partial charge is 0.242 e. The molecule has 0 unspecified atom stereocenters. The van der Waals surface area contributed by atoms with Gasteiger partial charge in [0.05, 0.1) is 5.75 Å². The molecule has 0 saturated carbocycles. The Balaban J connectivity index is 1.43. The zero-order valence-corrected chi connectivity index (χ0v) is 18.8. The van der Waals surface area contributed by atoms with Gasteiger partial charge in [-0.25, -0.2) is 14.1 Å². The number of hydrogen-bond acceptors (Lipinski definition) is 6. The number of halogens is 1. The molecule has 172 valence electrons. The van der Waals surface area contributed by atoms with E-state index in [2.05, 4.69) is 25.7 Å². The molecular formula is C24H21FN6O2S. The summed E-state index contributed by atoms with van der Waals surface area (Å²) in [6.45, 7) is 0.348. The van der Waals surface area contributed by atoms with Crippen molar-refractivity contribution in [1.82, 2.24) is 25.1 Å². The summed E-state index contributed by atoms with van der Waals surface area (Å²) < 4.78 is 14.5. The number of rotatable bonds is 9. The first-order chi connectivity index (χ1) is 16.6. The molecule has 2 aromatic carbocycles. The number of nitrogens with zero attached hydrogens (tertiary/aromatic N) is 4. The Kier molecular flexibility index (Phi) is 7.61. The predicted molar refractivity (Wildman–Crippen MR) is 127 cm³/mol. The fourth-order valence-electron chi connectivity index (χ4n) is 3.01. The van der Waals surface area contributed by atoms with Gasteiger partial charge in [-0.1, -0.05) is 42.1 Å². The van der Waals surface area contributed by atoms with Crippen molar-refractivity contribution in [2.75, 3.05) is 11.1 Å². The number of nitrogens with one attached hydrogen (secondary N) is 2. The van der Waals surface area contributed by atoms with Crippen molar-refractivity contribution in [2.24, 2.45) is 0 Å². The van der Waals surface area contributed by atoms with Crippen LogP contribution in [0.25, 0.3) is 11.4 Å². The Hall–Kier alpha value is -4.05. The number of benzene rings is 2. The molecule has 0 aliphatic carbocycles. The van der Waals surface area contributed by atoms with E-state index < -0.39 is 0 Å². The maximum atomic E-state index is 13.1. The summed E-state index contributed by atoms with van der Waals surface area (Å²) in [6, 6.07) is 18.6. The monoisotopic (exact) mass is 476 g/mol. The highest BCUT2D eigenvalue weighted by Crippen LogP contribution is 2.22. The first-order valence-electron chi connectivity index (χ1n) is 10.4. The number of pyridine rings is 1. The van der Waals surface area contributed by atoms with Gasteiger partial charge in [0.25, 0.3) is 0 Å². The molecule has 4 aromatic rings. The summed E-state index contributed by atoms with van der Waals surface area (Å²) in [5.41, 5.74) is 2.22. The van der Waals surface area contributed by atoms with Crippen LogP contribution < -0.4 is 10.6 Å². The van der Waals surface area contributed by atoms with Gasteiger partial charge in [-0.15, -0.1) is 5.10 Å². The number of thioether (sulfide) groups is 1. The quantitative estimate of drug-likeness (QED) is 0.359. The number of carbonyl (C=O) groups excluding carboxylic acids is 2. The lowest BCUT2D eigenvalue weighted by atomic mass is 10.2. The summed E-state index contributed by atoms with van der Waals surface area (Å²) in [5, 5.41) is 10.5. The van der Waals surface area contributed by atoms with Crippen LogP contribution in [0.2, 0.25) is 0 Å². The van der Waals surface area contributed by atoms with E-state index in [0.717, 1.165) is 22.9 Å². The number of hydrogen-bond donors (Lipinski definition) is 2. The zero-order chi connectivity index (χ0) is 23.8. The Morgan fingerprint density at radius 2 is 1.68 bits per heavy atom. The largest absolute Gasteiger partial charge is 0.350 e. The van der Waals surface area contributed by atoms with Crippen molar-refractivity contribution in [1.29, 1.82) is 0 Å². The maximum absolute atomic E-state index is 13.1. The van der Waals surface area contributed by atoms with E-state index >= 15 is 0 Å². The summed E-state index contributed by atoms with van der Waals surface area (Å²) in [7, 11) is 0. The van der Waals surface area contributed by atoms with Crippen molar-refractivity contribution in [2.45, 2.75) is 18.2 Å². The lowest BCUT2D eigenvalue weighted by Gasteiger charge is -2.08. The Labute approximate surface area is 199 Å². The third kappa shape index (κ3) is 6.48. The normalized spacial score (nSPS) is 10.6. The SMILES string of the molecule is O=C(Cn1nc(-c2ccncc2)nc1SCC(=O)Nc1ccc(F)cc1)NCc1ccccc1. The van der Waals surface area contributed by atoms with Gasteiger partial charge in [0.2, 0.25) is 11.8 Å². The van der Waals surface area contributed by atoms with Gasteiger partial charge in [0.1, 0.15) is 12.4 Å². The summed E-state index contributed by atoms with van der Waals surface area (Å²) in [5.74, 6) is -0.426. The highest BCUT2D eigenvalue weighted by atomic mass is 32.2. The highest BCUT2D eigenvalue weighted by molar-refractivity contribution is 7.99. The molecular weight excluding hydrogens is 455 g/mol. The highest BCUT2D eigenvalue weighted by Gasteiger charge is 2.16. The van der Waals surface area contributed by atoms with Crippen LogP contribution in [0.5, 0.6) is 0 Å². The van der Waals surface area contributed by atoms with Gasteiger partial charge in [-0.05, 0) is 42.0 Å². The molecule has 8 nitrogen and oxygen atoms in total. The molecule has 2 heterocycles. The van der Waals surface area contributed by atoms with Crippen LogP contribution in [-0.2, 0) is 22.7 Å². The van der Waals surface area contributed by atoms with Crippen LogP contribution in [0, 0.1) is 5.82 Å². The molecule has 0 fully saturated rings. The van der Waals surface area contributed by atoms with Gasteiger partial charge in [0, 0.05) is 30.2 Å². The fourth-order valence-corrected chi connectivity index (χ4v) is 3.75. The lowest BCUT2D eigenvalue weighted by Crippen LogP contribution is -2.28. The van der Waals surface area contributed by atoms with Crippen LogP contribution in [0.4, 0.5) is 10.1 Å². The van der Waals surface area contributed by atoms with E-state index in [1.54, 1.807) is 24.5 Å². The minimum atomic E-state index is -0.380. The van der Waals surface area contributed by atoms with Gasteiger partial charge in [-0.2, -0.15) is 0 Å². The first kappa shape index (κ1) is 23.1. The predicted octanol–water partition coefficient (Wildman–Crippen LogP) is 3.53. The molecule has 0 saturated heterocycles. The average molecular weight is 477 g/mol. The van der Waals surface area contributed by atoms with Gasteiger partial charge < -0.3 is 10.6 Å². The molecule has 2 N–H and O–H groups in total. The molecule has 4 rings (SSSR count). The molecule has 0 aliphatic rings. The van der Waals surface area contributed by atoms with E-state index in [9.17, 15) is 14.0 Å². The minimum absolute atomic E-state index is 0.0392. The van der Waals surface area contributed by atoms with Crippen molar-refractivity contribution in [3.8, 4) is 11.4 Å². The molecule has 0 atom stereocenters. The molecule has 10 heteroatoms. The number of amides is 2. The van der Waals surface area contributed by atoms with E-state index in [1.165, 1.54) is 28.9 Å². The summed E-state index contributed by atoms with van der Waals surface area (Å²) in [6.07, 6.45) is 3.26. The molecule has 0 aliphatic heterocycles. The maximum Gasteiger partial charge on any atom is 0.242 e. The van der Waals surface area contributed by atoms with Gasteiger partial charge >= 0.3 is 0 Å². The van der Waals surface area contributed by atoms with Gasteiger partial charge in [0.15, 0.2) is 11.0 Å². The van der Waals surface area contributed by atoms with E-state index in [4.69, 9.17) is 0 Å². The average Bonchev–Trinajstić information content (AvgIpc) is 3.26.